The highest BCUT2D eigenvalue weighted by atomic mass is 16.6. The molecule has 1 aliphatic rings. The first-order valence-corrected chi connectivity index (χ1v) is 10.8. The Labute approximate surface area is 187 Å². The molecule has 0 spiro atoms. The maximum atomic E-state index is 12.7. The van der Waals surface area contributed by atoms with E-state index in [9.17, 15) is 19.7 Å². The van der Waals surface area contributed by atoms with Gasteiger partial charge in [0, 0.05) is 36.8 Å². The molecular formula is C24H29N3O5. The Morgan fingerprint density at radius 1 is 1.09 bits per heavy atom. The van der Waals surface area contributed by atoms with Crippen molar-refractivity contribution in [2.45, 2.75) is 51.2 Å². The third-order valence-corrected chi connectivity index (χ3v) is 5.99. The van der Waals surface area contributed by atoms with E-state index < -0.39 is 16.8 Å². The van der Waals surface area contributed by atoms with Gasteiger partial charge in [-0.15, -0.1) is 0 Å². The lowest BCUT2D eigenvalue weighted by Gasteiger charge is -2.31. The Hall–Kier alpha value is -3.26. The van der Waals surface area contributed by atoms with Gasteiger partial charge in [0.2, 0.25) is 0 Å². The molecule has 0 aliphatic heterocycles. The molecule has 1 N–H and O–H groups in total. The second-order valence-corrected chi connectivity index (χ2v) is 8.18. The third kappa shape index (κ3) is 5.91. The third-order valence-electron chi connectivity index (χ3n) is 5.99. The van der Waals surface area contributed by atoms with Crippen molar-refractivity contribution >= 4 is 17.6 Å². The van der Waals surface area contributed by atoms with Gasteiger partial charge in [-0.25, -0.2) is 4.79 Å². The molecule has 0 bridgehead atoms. The van der Waals surface area contributed by atoms with Crippen LogP contribution in [0.1, 0.15) is 63.9 Å². The van der Waals surface area contributed by atoms with Gasteiger partial charge < -0.3 is 10.1 Å². The van der Waals surface area contributed by atoms with Gasteiger partial charge in [-0.3, -0.25) is 19.8 Å². The van der Waals surface area contributed by atoms with Crippen LogP contribution in [0.2, 0.25) is 0 Å². The largest absolute Gasteiger partial charge is 0.465 e. The Morgan fingerprint density at radius 2 is 1.75 bits per heavy atom. The van der Waals surface area contributed by atoms with E-state index in [2.05, 4.69) is 28.1 Å². The normalized spacial score (nSPS) is 14.2. The predicted octanol–water partition coefficient (Wildman–Crippen LogP) is 4.08. The minimum atomic E-state index is -0.737. The number of rotatable bonds is 8. The van der Waals surface area contributed by atoms with Crippen LogP contribution in [0.15, 0.2) is 42.5 Å². The molecule has 32 heavy (non-hydrogen) atoms. The Bertz CT molecular complexity index is 985. The number of nitrogens with zero attached hydrogens (tertiary/aromatic N) is 2. The van der Waals surface area contributed by atoms with Crippen LogP contribution in [0, 0.1) is 10.1 Å². The van der Waals surface area contributed by atoms with Gasteiger partial charge in [-0.05, 0) is 37.1 Å². The molecule has 0 aromatic heterocycles. The van der Waals surface area contributed by atoms with E-state index in [4.69, 9.17) is 0 Å². The van der Waals surface area contributed by atoms with Crippen molar-refractivity contribution in [3.05, 3.63) is 74.8 Å². The Kier molecular flexibility index (Phi) is 7.94. The lowest BCUT2D eigenvalue weighted by atomic mass is 9.94. The molecule has 2 aromatic rings. The predicted molar refractivity (Wildman–Crippen MR) is 120 cm³/mol. The summed E-state index contributed by atoms with van der Waals surface area (Å²) in [4.78, 5) is 37.5. The maximum absolute atomic E-state index is 12.7. The van der Waals surface area contributed by atoms with E-state index in [1.54, 1.807) is 0 Å². The Morgan fingerprint density at radius 3 is 2.41 bits per heavy atom. The summed E-state index contributed by atoms with van der Waals surface area (Å²) in [6.07, 6.45) is 6.27. The van der Waals surface area contributed by atoms with Crippen LogP contribution in [0.3, 0.4) is 0 Å². The van der Waals surface area contributed by atoms with Crippen LogP contribution in [0.5, 0.6) is 0 Å². The molecule has 1 fully saturated rings. The second kappa shape index (κ2) is 10.9. The highest BCUT2D eigenvalue weighted by Gasteiger charge is 2.20. The second-order valence-electron chi connectivity index (χ2n) is 8.18. The summed E-state index contributed by atoms with van der Waals surface area (Å²) in [5, 5.41) is 14.0. The fourth-order valence-corrected chi connectivity index (χ4v) is 4.16. The van der Waals surface area contributed by atoms with E-state index in [1.165, 1.54) is 45.3 Å². The summed E-state index contributed by atoms with van der Waals surface area (Å²) in [7, 11) is 3.32. The number of nitro benzene ring substituents is 1. The van der Waals surface area contributed by atoms with Gasteiger partial charge in [0.05, 0.1) is 17.6 Å². The van der Waals surface area contributed by atoms with Crippen LogP contribution in [0.25, 0.3) is 0 Å². The molecular weight excluding hydrogens is 410 g/mol. The summed E-state index contributed by atoms with van der Waals surface area (Å²) in [6.45, 7) is 1.07. The number of methoxy groups -OCH3 is 1. The van der Waals surface area contributed by atoms with Gasteiger partial charge in [0.25, 0.3) is 11.6 Å². The number of nitrogens with one attached hydrogen (secondary N) is 1. The van der Waals surface area contributed by atoms with Gasteiger partial charge in [-0.2, -0.15) is 0 Å². The van der Waals surface area contributed by atoms with E-state index >= 15 is 0 Å². The van der Waals surface area contributed by atoms with Crippen LogP contribution in [-0.4, -0.2) is 41.9 Å². The summed E-state index contributed by atoms with van der Waals surface area (Å²) in [6, 6.07) is 12.1. The zero-order valence-corrected chi connectivity index (χ0v) is 18.5. The minimum absolute atomic E-state index is 0.0383. The van der Waals surface area contributed by atoms with Gasteiger partial charge in [0.1, 0.15) is 0 Å². The molecule has 2 aromatic carbocycles. The molecule has 8 nitrogen and oxygen atoms in total. The minimum Gasteiger partial charge on any atom is -0.465 e. The number of esters is 1. The number of hydrogen-bond donors (Lipinski definition) is 1. The number of benzene rings is 2. The number of ether oxygens (including phenoxy) is 1. The van der Waals surface area contributed by atoms with Gasteiger partial charge in [-0.1, -0.05) is 43.5 Å². The van der Waals surface area contributed by atoms with Crippen molar-refractivity contribution in [1.82, 2.24) is 10.2 Å². The topological polar surface area (TPSA) is 102 Å². The van der Waals surface area contributed by atoms with Gasteiger partial charge >= 0.3 is 5.97 Å². The van der Waals surface area contributed by atoms with Crippen molar-refractivity contribution in [2.75, 3.05) is 14.2 Å². The van der Waals surface area contributed by atoms with Gasteiger partial charge in [0.15, 0.2) is 0 Å². The van der Waals surface area contributed by atoms with Crippen molar-refractivity contribution in [2.24, 2.45) is 0 Å². The summed E-state index contributed by atoms with van der Waals surface area (Å²) >= 11 is 0. The molecule has 8 heteroatoms. The molecule has 0 saturated heterocycles. The highest BCUT2D eigenvalue weighted by molar-refractivity contribution is 5.98. The molecule has 1 aliphatic carbocycles. The van der Waals surface area contributed by atoms with Crippen LogP contribution in [-0.2, 0) is 17.8 Å². The van der Waals surface area contributed by atoms with Crippen molar-refractivity contribution < 1.29 is 19.2 Å². The number of nitro groups is 1. The molecule has 170 valence electrons. The van der Waals surface area contributed by atoms with E-state index in [-0.39, 0.29) is 23.4 Å². The van der Waals surface area contributed by atoms with Crippen molar-refractivity contribution in [3.63, 3.8) is 0 Å². The molecule has 1 amide bonds. The monoisotopic (exact) mass is 439 g/mol. The van der Waals surface area contributed by atoms with Crippen molar-refractivity contribution in [3.8, 4) is 0 Å². The van der Waals surface area contributed by atoms with Crippen molar-refractivity contribution in [1.29, 1.82) is 0 Å². The number of non-ortho nitro benzene ring substituents is 1. The average Bonchev–Trinajstić information content (AvgIpc) is 2.82. The first-order chi connectivity index (χ1) is 15.4. The summed E-state index contributed by atoms with van der Waals surface area (Å²) < 4.78 is 4.64. The zero-order valence-electron chi connectivity index (χ0n) is 18.5. The fourth-order valence-electron chi connectivity index (χ4n) is 4.16. The molecule has 0 atom stereocenters. The van der Waals surface area contributed by atoms with Crippen LogP contribution < -0.4 is 5.32 Å². The van der Waals surface area contributed by atoms with E-state index in [1.807, 2.05) is 18.2 Å². The molecule has 0 radical (unpaired) electrons. The standard InChI is InChI=1S/C24H29N3O5/c1-26(21-10-4-3-5-11-21)16-18-9-7-6-8-17(18)15-25-23(28)19-12-20(24(29)32-2)14-22(13-19)27(30)31/h6-9,12-14,21H,3-5,10-11,15-16H2,1-2H3,(H,25,28). The number of hydrogen-bond acceptors (Lipinski definition) is 6. The first-order valence-electron chi connectivity index (χ1n) is 10.8. The highest BCUT2D eigenvalue weighted by Crippen LogP contribution is 2.24. The Balaban J connectivity index is 1.72. The van der Waals surface area contributed by atoms with E-state index in [0.717, 1.165) is 29.8 Å². The molecule has 3 rings (SSSR count). The average molecular weight is 440 g/mol. The number of carbonyl (C=O) groups is 2. The smallest absolute Gasteiger partial charge is 0.338 e. The molecule has 1 saturated carbocycles. The lowest BCUT2D eigenvalue weighted by Crippen LogP contribution is -2.33. The molecule has 0 unspecified atom stereocenters. The number of carbonyl (C=O) groups excluding carboxylic acids is 2. The SMILES string of the molecule is COC(=O)c1cc(C(=O)NCc2ccccc2CN(C)C2CCCCC2)cc([N+](=O)[O-])c1. The lowest BCUT2D eigenvalue weighted by molar-refractivity contribution is -0.384. The maximum Gasteiger partial charge on any atom is 0.338 e. The number of amides is 1. The quantitative estimate of drug-likeness (QED) is 0.378. The first kappa shape index (κ1) is 23.4. The summed E-state index contributed by atoms with van der Waals surface area (Å²) in [5.41, 5.74) is 1.78. The van der Waals surface area contributed by atoms with Crippen LogP contribution >= 0.6 is 0 Å². The zero-order chi connectivity index (χ0) is 23.1. The fraction of sp³-hybridized carbons (Fsp3) is 0.417. The molecule has 0 heterocycles. The van der Waals surface area contributed by atoms with Crippen LogP contribution in [0.4, 0.5) is 5.69 Å². The van der Waals surface area contributed by atoms with E-state index in [0.29, 0.717) is 6.04 Å². The summed E-state index contributed by atoms with van der Waals surface area (Å²) in [5.74, 6) is -1.23.